The molecule has 3 aromatic rings. The minimum atomic E-state index is -0.517. The number of nitrogens with two attached hydrogens (primary N) is 1. The lowest BCUT2D eigenvalue weighted by Gasteiger charge is -2.14. The lowest BCUT2D eigenvalue weighted by Crippen LogP contribution is -2.35. The highest BCUT2D eigenvalue weighted by Gasteiger charge is 2.12. The number of ether oxygens (including phenoxy) is 1. The fourth-order valence-electron chi connectivity index (χ4n) is 2.39. The first-order chi connectivity index (χ1) is 15.3. The summed E-state index contributed by atoms with van der Waals surface area (Å²) in [6.45, 7) is 1.60. The maximum Gasteiger partial charge on any atom is 0.276 e. The number of rotatable bonds is 8. The SMILES string of the molecule is Cc1ccc(C(=O)NNc2ncnc(NNC(=O)COc3ccc(Cl)cc3Cl)c2N)cc1. The van der Waals surface area contributed by atoms with E-state index in [-0.39, 0.29) is 34.9 Å². The van der Waals surface area contributed by atoms with E-state index >= 15 is 0 Å². The monoisotopic (exact) mass is 475 g/mol. The Labute approximate surface area is 193 Å². The first-order valence-corrected chi connectivity index (χ1v) is 9.95. The third kappa shape index (κ3) is 6.13. The van der Waals surface area contributed by atoms with E-state index in [4.69, 9.17) is 33.7 Å². The molecule has 0 saturated carbocycles. The standard InChI is InChI=1S/C20H19Cl2N7O3/c1-11-2-4-12(5-3-11)20(31)29-28-19-17(23)18(24-10-25-19)27-26-16(30)9-32-15-7-6-13(21)8-14(15)22/h2-8,10H,9,23H2,1H3,(H,26,30)(H,29,31)(H2,24,25,27,28). The largest absolute Gasteiger partial charge is 0.482 e. The van der Waals surface area contributed by atoms with Crippen LogP contribution < -0.4 is 32.2 Å². The van der Waals surface area contributed by atoms with Gasteiger partial charge >= 0.3 is 0 Å². The second-order valence-electron chi connectivity index (χ2n) is 6.47. The molecule has 1 heterocycles. The second-order valence-corrected chi connectivity index (χ2v) is 7.31. The average Bonchev–Trinajstić information content (AvgIpc) is 2.77. The minimum Gasteiger partial charge on any atom is -0.482 e. The van der Waals surface area contributed by atoms with Crippen LogP contribution in [0.25, 0.3) is 0 Å². The zero-order chi connectivity index (χ0) is 23.1. The molecule has 0 saturated heterocycles. The summed E-state index contributed by atoms with van der Waals surface area (Å²) >= 11 is 11.8. The Bertz CT molecular complexity index is 1130. The number of hydrazine groups is 2. The van der Waals surface area contributed by atoms with Gasteiger partial charge in [0.25, 0.3) is 11.8 Å². The fourth-order valence-corrected chi connectivity index (χ4v) is 2.85. The van der Waals surface area contributed by atoms with Gasteiger partial charge in [0.05, 0.1) is 5.02 Å². The number of carbonyl (C=O) groups excluding carboxylic acids is 2. The van der Waals surface area contributed by atoms with Crippen molar-refractivity contribution < 1.29 is 14.3 Å². The summed E-state index contributed by atoms with van der Waals surface area (Å²) in [5, 5.41) is 0.730. The van der Waals surface area contributed by atoms with Crippen molar-refractivity contribution in [2.75, 3.05) is 23.2 Å². The number of nitrogen functional groups attached to an aromatic ring is 1. The van der Waals surface area contributed by atoms with E-state index in [1.54, 1.807) is 24.3 Å². The van der Waals surface area contributed by atoms with Gasteiger partial charge in [0, 0.05) is 10.6 Å². The Hall–Kier alpha value is -3.76. The van der Waals surface area contributed by atoms with Crippen LogP contribution in [0, 0.1) is 6.92 Å². The third-order valence-corrected chi connectivity index (χ3v) is 4.60. The van der Waals surface area contributed by atoms with Crippen molar-refractivity contribution in [1.82, 2.24) is 20.8 Å². The number of hydrogen-bond donors (Lipinski definition) is 5. The molecule has 0 aliphatic carbocycles. The molecular weight excluding hydrogens is 457 g/mol. The molecule has 0 unspecified atom stereocenters. The van der Waals surface area contributed by atoms with Crippen LogP contribution >= 0.6 is 23.2 Å². The molecule has 0 atom stereocenters. The van der Waals surface area contributed by atoms with E-state index in [9.17, 15) is 9.59 Å². The lowest BCUT2D eigenvalue weighted by molar-refractivity contribution is -0.122. The number of aromatic nitrogens is 2. The average molecular weight is 476 g/mol. The lowest BCUT2D eigenvalue weighted by atomic mass is 10.1. The van der Waals surface area contributed by atoms with Crippen molar-refractivity contribution in [3.63, 3.8) is 0 Å². The van der Waals surface area contributed by atoms with E-state index in [2.05, 4.69) is 31.7 Å². The van der Waals surface area contributed by atoms with Crippen molar-refractivity contribution in [2.24, 2.45) is 0 Å². The van der Waals surface area contributed by atoms with Gasteiger partial charge in [-0.05, 0) is 37.3 Å². The highest BCUT2D eigenvalue weighted by atomic mass is 35.5. The first-order valence-electron chi connectivity index (χ1n) is 9.19. The van der Waals surface area contributed by atoms with Gasteiger partial charge in [0.15, 0.2) is 18.2 Å². The molecule has 0 aliphatic heterocycles. The molecule has 6 N–H and O–H groups in total. The van der Waals surface area contributed by atoms with Crippen LogP contribution in [0.1, 0.15) is 15.9 Å². The Balaban J connectivity index is 1.52. The van der Waals surface area contributed by atoms with Gasteiger partial charge in [-0.25, -0.2) is 9.97 Å². The van der Waals surface area contributed by atoms with Gasteiger partial charge < -0.3 is 10.5 Å². The number of anilines is 3. The summed E-state index contributed by atoms with van der Waals surface area (Å²) in [6, 6.07) is 11.7. The van der Waals surface area contributed by atoms with E-state index in [0.29, 0.717) is 16.3 Å². The summed E-state index contributed by atoms with van der Waals surface area (Å²) in [5.74, 6) is -0.324. The van der Waals surface area contributed by atoms with Crippen molar-refractivity contribution in [2.45, 2.75) is 6.92 Å². The zero-order valence-corrected chi connectivity index (χ0v) is 18.3. The second kappa shape index (κ2) is 10.5. The summed E-state index contributed by atoms with van der Waals surface area (Å²) < 4.78 is 5.34. The molecule has 2 aromatic carbocycles. The van der Waals surface area contributed by atoms with Crippen molar-refractivity contribution in [3.8, 4) is 5.75 Å². The quantitative estimate of drug-likeness (QED) is 0.312. The summed E-state index contributed by atoms with van der Waals surface area (Å²) in [4.78, 5) is 32.2. The number of hydrogen-bond acceptors (Lipinski definition) is 8. The number of carbonyl (C=O) groups is 2. The van der Waals surface area contributed by atoms with Crippen molar-refractivity contribution >= 4 is 52.3 Å². The predicted octanol–water partition coefficient (Wildman–Crippen LogP) is 2.95. The molecular formula is C20H19Cl2N7O3. The smallest absolute Gasteiger partial charge is 0.276 e. The van der Waals surface area contributed by atoms with Gasteiger partial charge in [-0.2, -0.15) is 0 Å². The van der Waals surface area contributed by atoms with Crippen LogP contribution in [0.5, 0.6) is 5.75 Å². The molecule has 0 fully saturated rings. The number of nitrogens with zero attached hydrogens (tertiary/aromatic N) is 2. The first kappa shape index (κ1) is 22.9. The molecule has 0 aliphatic rings. The van der Waals surface area contributed by atoms with E-state index in [0.717, 1.165) is 5.56 Å². The molecule has 0 spiro atoms. The van der Waals surface area contributed by atoms with Crippen LogP contribution in [0.2, 0.25) is 10.0 Å². The van der Waals surface area contributed by atoms with Crippen LogP contribution in [0.3, 0.4) is 0 Å². The zero-order valence-electron chi connectivity index (χ0n) is 16.8. The number of amides is 2. The number of benzene rings is 2. The van der Waals surface area contributed by atoms with Gasteiger partial charge in [-0.1, -0.05) is 40.9 Å². The maximum atomic E-state index is 12.2. The van der Waals surface area contributed by atoms with E-state index in [1.807, 2.05) is 19.1 Å². The van der Waals surface area contributed by atoms with Gasteiger partial charge in [0.2, 0.25) is 0 Å². The van der Waals surface area contributed by atoms with Gasteiger partial charge in [-0.15, -0.1) is 0 Å². The summed E-state index contributed by atoms with van der Waals surface area (Å²) in [5.41, 5.74) is 17.7. The highest BCUT2D eigenvalue weighted by Crippen LogP contribution is 2.27. The van der Waals surface area contributed by atoms with Crippen molar-refractivity contribution in [3.05, 3.63) is 70.0 Å². The Morgan fingerprint density at radius 1 is 1.00 bits per heavy atom. The predicted molar refractivity (Wildman–Crippen MR) is 122 cm³/mol. The third-order valence-electron chi connectivity index (χ3n) is 4.07. The molecule has 10 nitrogen and oxygen atoms in total. The molecule has 2 amide bonds. The van der Waals surface area contributed by atoms with Crippen LogP contribution in [0.15, 0.2) is 48.8 Å². The molecule has 0 radical (unpaired) electrons. The highest BCUT2D eigenvalue weighted by molar-refractivity contribution is 6.35. The molecule has 32 heavy (non-hydrogen) atoms. The fraction of sp³-hybridized carbons (Fsp3) is 0.100. The molecule has 1 aromatic heterocycles. The minimum absolute atomic E-state index is 0.0682. The summed E-state index contributed by atoms with van der Waals surface area (Å²) in [7, 11) is 0. The number of halogens is 2. The molecule has 166 valence electrons. The van der Waals surface area contributed by atoms with Crippen LogP contribution in [-0.4, -0.2) is 28.4 Å². The normalized spacial score (nSPS) is 10.2. The number of aryl methyl sites for hydroxylation is 1. The van der Waals surface area contributed by atoms with Crippen LogP contribution in [-0.2, 0) is 4.79 Å². The molecule has 3 rings (SSSR count). The molecule has 0 bridgehead atoms. The van der Waals surface area contributed by atoms with Gasteiger partial charge in [0.1, 0.15) is 17.8 Å². The maximum absolute atomic E-state index is 12.2. The Kier molecular flexibility index (Phi) is 7.53. The topological polar surface area (TPSA) is 143 Å². The summed E-state index contributed by atoms with van der Waals surface area (Å²) in [6.07, 6.45) is 1.20. The van der Waals surface area contributed by atoms with Crippen molar-refractivity contribution in [1.29, 1.82) is 0 Å². The Morgan fingerprint density at radius 3 is 2.31 bits per heavy atom. The van der Waals surface area contributed by atoms with E-state index < -0.39 is 5.91 Å². The van der Waals surface area contributed by atoms with E-state index in [1.165, 1.54) is 12.4 Å². The number of nitrogens with one attached hydrogen (secondary N) is 4. The Morgan fingerprint density at radius 2 is 1.66 bits per heavy atom. The van der Waals surface area contributed by atoms with Crippen LogP contribution in [0.4, 0.5) is 17.3 Å². The van der Waals surface area contributed by atoms with Gasteiger partial charge in [-0.3, -0.25) is 31.3 Å². The molecule has 12 heteroatoms.